The maximum Gasteiger partial charge on any atom is 0.335 e. The molecule has 1 N–H and O–H groups in total. The molecule has 3 aromatic carbocycles. The van der Waals surface area contributed by atoms with Crippen LogP contribution >= 0.6 is 0 Å². The standard InChI is InChI=1S/C26H25N3O3/c1-27-23(12-10-19-16-20(25(30)31)11-13-24(19)27)18-6-5-9-22(17-18)29-15-14-28(26(29)32)21-7-3-2-4-8-21/h2-9,11,13,16-17,23H,10,12,14-15H2,1H3,(H,30,31). The smallest absolute Gasteiger partial charge is 0.335 e. The van der Waals surface area contributed by atoms with Crippen LogP contribution in [0.4, 0.5) is 21.9 Å². The quantitative estimate of drug-likeness (QED) is 0.640. The van der Waals surface area contributed by atoms with Crippen molar-refractivity contribution >= 4 is 29.1 Å². The van der Waals surface area contributed by atoms with E-state index in [2.05, 4.69) is 17.0 Å². The van der Waals surface area contributed by atoms with Crippen molar-refractivity contribution in [3.8, 4) is 0 Å². The number of anilines is 3. The number of amides is 2. The average Bonchev–Trinajstić information content (AvgIpc) is 3.21. The molecule has 162 valence electrons. The second kappa shape index (κ2) is 8.04. The topological polar surface area (TPSA) is 64.1 Å². The van der Waals surface area contributed by atoms with Crippen molar-refractivity contribution in [3.05, 3.63) is 89.5 Å². The van der Waals surface area contributed by atoms with E-state index in [1.165, 1.54) is 0 Å². The van der Waals surface area contributed by atoms with Crippen molar-refractivity contribution < 1.29 is 14.7 Å². The van der Waals surface area contributed by atoms with Gasteiger partial charge in [0.05, 0.1) is 11.6 Å². The molecule has 0 aliphatic carbocycles. The number of carboxylic acids is 1. The van der Waals surface area contributed by atoms with E-state index < -0.39 is 5.97 Å². The van der Waals surface area contributed by atoms with Gasteiger partial charge in [-0.05, 0) is 66.4 Å². The molecule has 1 unspecified atom stereocenters. The molecule has 32 heavy (non-hydrogen) atoms. The van der Waals surface area contributed by atoms with Crippen LogP contribution in [0, 0.1) is 0 Å². The molecule has 0 bridgehead atoms. The van der Waals surface area contributed by atoms with Gasteiger partial charge < -0.3 is 10.0 Å². The van der Waals surface area contributed by atoms with Gasteiger partial charge >= 0.3 is 12.0 Å². The summed E-state index contributed by atoms with van der Waals surface area (Å²) in [6.07, 6.45) is 1.71. The van der Waals surface area contributed by atoms with E-state index in [9.17, 15) is 14.7 Å². The first-order valence-corrected chi connectivity index (χ1v) is 10.9. The molecule has 2 heterocycles. The number of hydrogen-bond donors (Lipinski definition) is 1. The fourth-order valence-corrected chi connectivity index (χ4v) is 4.83. The van der Waals surface area contributed by atoms with Gasteiger partial charge in [-0.3, -0.25) is 9.80 Å². The van der Waals surface area contributed by atoms with Crippen molar-refractivity contribution in [3.63, 3.8) is 0 Å². The summed E-state index contributed by atoms with van der Waals surface area (Å²) >= 11 is 0. The highest BCUT2D eigenvalue weighted by molar-refractivity contribution is 6.06. The highest BCUT2D eigenvalue weighted by Gasteiger charge is 2.31. The lowest BCUT2D eigenvalue weighted by Crippen LogP contribution is -2.32. The Balaban J connectivity index is 1.39. The Labute approximate surface area is 187 Å². The molecular weight excluding hydrogens is 402 g/mol. The molecule has 1 saturated heterocycles. The number of urea groups is 1. The molecule has 1 fully saturated rings. The number of benzene rings is 3. The summed E-state index contributed by atoms with van der Waals surface area (Å²) < 4.78 is 0. The first-order chi connectivity index (χ1) is 15.5. The van der Waals surface area contributed by atoms with E-state index in [1.807, 2.05) is 65.4 Å². The molecule has 3 aromatic rings. The van der Waals surface area contributed by atoms with Crippen molar-refractivity contribution in [1.82, 2.24) is 0 Å². The maximum absolute atomic E-state index is 13.1. The van der Waals surface area contributed by atoms with Gasteiger partial charge in [-0.25, -0.2) is 9.59 Å². The Morgan fingerprint density at radius 2 is 1.62 bits per heavy atom. The van der Waals surface area contributed by atoms with Crippen LogP contribution in [0.15, 0.2) is 72.8 Å². The Bertz CT molecular complexity index is 1180. The minimum atomic E-state index is -0.898. The lowest BCUT2D eigenvalue weighted by Gasteiger charge is -2.37. The lowest BCUT2D eigenvalue weighted by molar-refractivity contribution is 0.0696. The highest BCUT2D eigenvalue weighted by Crippen LogP contribution is 2.39. The average molecular weight is 428 g/mol. The second-order valence-corrected chi connectivity index (χ2v) is 8.33. The van der Waals surface area contributed by atoms with E-state index in [0.29, 0.717) is 18.7 Å². The van der Waals surface area contributed by atoms with Crippen molar-refractivity contribution in [1.29, 1.82) is 0 Å². The summed E-state index contributed by atoms with van der Waals surface area (Å²) in [6.45, 7) is 1.31. The number of carbonyl (C=O) groups excluding carboxylic acids is 1. The van der Waals surface area contributed by atoms with Gasteiger partial charge in [0.25, 0.3) is 0 Å². The fourth-order valence-electron chi connectivity index (χ4n) is 4.83. The van der Waals surface area contributed by atoms with Crippen molar-refractivity contribution in [2.45, 2.75) is 18.9 Å². The van der Waals surface area contributed by atoms with E-state index in [-0.39, 0.29) is 12.1 Å². The highest BCUT2D eigenvalue weighted by atomic mass is 16.4. The second-order valence-electron chi connectivity index (χ2n) is 8.33. The number of aromatic carboxylic acids is 1. The maximum atomic E-state index is 13.1. The molecule has 6 heteroatoms. The monoisotopic (exact) mass is 427 g/mol. The Morgan fingerprint density at radius 1 is 0.906 bits per heavy atom. The number of fused-ring (bicyclic) bond motifs is 1. The van der Waals surface area contributed by atoms with Crippen LogP contribution in [-0.4, -0.2) is 37.2 Å². The van der Waals surface area contributed by atoms with Crippen LogP contribution in [-0.2, 0) is 6.42 Å². The number of para-hydroxylation sites is 1. The third-order valence-corrected chi connectivity index (χ3v) is 6.50. The number of aryl methyl sites for hydroxylation is 1. The minimum Gasteiger partial charge on any atom is -0.478 e. The zero-order valence-corrected chi connectivity index (χ0v) is 17.9. The number of rotatable bonds is 4. The van der Waals surface area contributed by atoms with Crippen LogP contribution in [0.5, 0.6) is 0 Å². The zero-order valence-electron chi connectivity index (χ0n) is 17.9. The number of hydrogen-bond acceptors (Lipinski definition) is 3. The van der Waals surface area contributed by atoms with Crippen LogP contribution in [0.3, 0.4) is 0 Å². The van der Waals surface area contributed by atoms with Crippen LogP contribution in [0.2, 0.25) is 0 Å². The Morgan fingerprint density at radius 3 is 2.38 bits per heavy atom. The van der Waals surface area contributed by atoms with Gasteiger partial charge in [0.2, 0.25) is 0 Å². The van der Waals surface area contributed by atoms with Crippen LogP contribution < -0.4 is 14.7 Å². The molecular formula is C26H25N3O3. The van der Waals surface area contributed by atoms with Gasteiger partial charge in [0.15, 0.2) is 0 Å². The van der Waals surface area contributed by atoms with E-state index >= 15 is 0 Å². The fraction of sp³-hybridized carbons (Fsp3) is 0.231. The molecule has 2 amide bonds. The molecule has 0 spiro atoms. The molecule has 5 rings (SSSR count). The molecule has 0 saturated carbocycles. The van der Waals surface area contributed by atoms with Gasteiger partial charge in [-0.2, -0.15) is 0 Å². The minimum absolute atomic E-state index is 0.00288. The Kier molecular flexibility index (Phi) is 5.05. The normalized spacial score (nSPS) is 18.1. The van der Waals surface area contributed by atoms with Gasteiger partial charge in [-0.1, -0.05) is 30.3 Å². The largest absolute Gasteiger partial charge is 0.478 e. The first-order valence-electron chi connectivity index (χ1n) is 10.9. The van der Waals surface area contributed by atoms with Crippen LogP contribution in [0.25, 0.3) is 0 Å². The number of nitrogens with zero attached hydrogens (tertiary/aromatic N) is 3. The summed E-state index contributed by atoms with van der Waals surface area (Å²) in [6, 6.07) is 23.5. The molecule has 2 aliphatic heterocycles. The Hall–Kier alpha value is -3.80. The third-order valence-electron chi connectivity index (χ3n) is 6.50. The first kappa shape index (κ1) is 20.1. The molecule has 1 atom stereocenters. The predicted octanol–water partition coefficient (Wildman–Crippen LogP) is 4.96. The van der Waals surface area contributed by atoms with Crippen molar-refractivity contribution in [2.24, 2.45) is 0 Å². The zero-order chi connectivity index (χ0) is 22.2. The van der Waals surface area contributed by atoms with Crippen LogP contribution in [0.1, 0.15) is 33.9 Å². The molecule has 6 nitrogen and oxygen atoms in total. The van der Waals surface area contributed by atoms with E-state index in [4.69, 9.17) is 0 Å². The predicted molar refractivity (Wildman–Crippen MR) is 126 cm³/mol. The molecule has 0 aromatic heterocycles. The summed E-state index contributed by atoms with van der Waals surface area (Å²) in [5.41, 5.74) is 5.43. The van der Waals surface area contributed by atoms with E-state index in [1.54, 1.807) is 12.1 Å². The SMILES string of the molecule is CN1c2ccc(C(=O)O)cc2CCC1c1cccc(N2CCN(c3ccccc3)C2=O)c1. The van der Waals surface area contributed by atoms with Gasteiger partial charge in [-0.15, -0.1) is 0 Å². The summed E-state index contributed by atoms with van der Waals surface area (Å²) in [7, 11) is 2.05. The summed E-state index contributed by atoms with van der Waals surface area (Å²) in [5, 5.41) is 9.28. The third kappa shape index (κ3) is 3.47. The molecule has 2 aliphatic rings. The van der Waals surface area contributed by atoms with E-state index in [0.717, 1.165) is 41.0 Å². The summed E-state index contributed by atoms with van der Waals surface area (Å²) in [4.78, 5) is 30.3. The van der Waals surface area contributed by atoms with Gasteiger partial charge in [0.1, 0.15) is 0 Å². The van der Waals surface area contributed by atoms with Gasteiger partial charge in [0, 0.05) is 37.2 Å². The molecule has 0 radical (unpaired) electrons. The number of carboxylic acid groups (broad SMARTS) is 1. The summed E-state index contributed by atoms with van der Waals surface area (Å²) in [5.74, 6) is -0.898. The van der Waals surface area contributed by atoms with Crippen molar-refractivity contribution in [2.75, 3.05) is 34.8 Å². The lowest BCUT2D eigenvalue weighted by atomic mass is 9.90. The number of carbonyl (C=O) groups is 2.